The maximum Gasteiger partial charge on any atom is 0.227 e. The second-order valence-corrected chi connectivity index (χ2v) is 6.71. The molecule has 0 saturated heterocycles. The minimum Gasteiger partial charge on any atom is -0.440 e. The lowest BCUT2D eigenvalue weighted by Gasteiger charge is -2.10. The van der Waals surface area contributed by atoms with Gasteiger partial charge in [-0.05, 0) is 37.0 Å². The van der Waals surface area contributed by atoms with Crippen LogP contribution in [0.4, 0.5) is 5.69 Å². The van der Waals surface area contributed by atoms with Crippen molar-refractivity contribution in [1.29, 1.82) is 0 Å². The molecule has 1 amide bonds. The van der Waals surface area contributed by atoms with Crippen molar-refractivity contribution in [2.75, 3.05) is 5.32 Å². The molecule has 5 heteroatoms. The maximum atomic E-state index is 12.3. The van der Waals surface area contributed by atoms with Gasteiger partial charge in [0.2, 0.25) is 5.91 Å². The van der Waals surface area contributed by atoms with Gasteiger partial charge in [-0.1, -0.05) is 30.3 Å². The highest BCUT2D eigenvalue weighted by Crippen LogP contribution is 2.27. The van der Waals surface area contributed by atoms with Crippen molar-refractivity contribution in [3.05, 3.63) is 60.0 Å². The molecule has 0 aliphatic heterocycles. The normalized spacial score (nSPS) is 20.0. The standard InChI is InChI=1S/C20H21N3O2/c21-15-7-6-14(11-15)20(24)22-16-8-9-17-18(12-16)25-19(23-17)10-13-4-2-1-3-5-13/h1-5,8-9,12,14-15H,6-7,10-11,21H2,(H,22,24). The number of hydrogen-bond acceptors (Lipinski definition) is 4. The number of carbonyl (C=O) groups is 1. The summed E-state index contributed by atoms with van der Waals surface area (Å²) < 4.78 is 5.85. The molecule has 1 aliphatic carbocycles. The lowest BCUT2D eigenvalue weighted by Crippen LogP contribution is -2.23. The first-order chi connectivity index (χ1) is 12.2. The van der Waals surface area contributed by atoms with Gasteiger partial charge >= 0.3 is 0 Å². The Balaban J connectivity index is 1.49. The van der Waals surface area contributed by atoms with Gasteiger partial charge in [0.25, 0.3) is 0 Å². The number of aromatic nitrogens is 1. The highest BCUT2D eigenvalue weighted by Gasteiger charge is 2.27. The predicted molar refractivity (Wildman–Crippen MR) is 97.2 cm³/mol. The summed E-state index contributed by atoms with van der Waals surface area (Å²) in [6.45, 7) is 0. The van der Waals surface area contributed by atoms with Gasteiger partial charge in [0.15, 0.2) is 11.5 Å². The van der Waals surface area contributed by atoms with E-state index >= 15 is 0 Å². The first-order valence-corrected chi connectivity index (χ1v) is 8.67. The van der Waals surface area contributed by atoms with Crippen LogP contribution in [0.3, 0.4) is 0 Å². The smallest absolute Gasteiger partial charge is 0.227 e. The van der Waals surface area contributed by atoms with Crippen LogP contribution in [-0.2, 0) is 11.2 Å². The van der Waals surface area contributed by atoms with Gasteiger partial charge in [0.05, 0.1) is 0 Å². The Labute approximate surface area is 146 Å². The van der Waals surface area contributed by atoms with Crippen molar-refractivity contribution in [2.45, 2.75) is 31.7 Å². The van der Waals surface area contributed by atoms with E-state index in [1.54, 1.807) is 0 Å². The molecular formula is C20H21N3O2. The Morgan fingerprint density at radius 1 is 1.20 bits per heavy atom. The maximum absolute atomic E-state index is 12.3. The van der Waals surface area contributed by atoms with E-state index in [1.165, 1.54) is 0 Å². The third-order valence-electron chi connectivity index (χ3n) is 4.74. The Kier molecular flexibility index (Phi) is 4.24. The molecule has 0 bridgehead atoms. The molecule has 1 saturated carbocycles. The molecule has 1 aliphatic rings. The highest BCUT2D eigenvalue weighted by atomic mass is 16.3. The zero-order valence-corrected chi connectivity index (χ0v) is 13.9. The molecule has 2 aromatic carbocycles. The predicted octanol–water partition coefficient (Wildman–Crippen LogP) is 3.48. The largest absolute Gasteiger partial charge is 0.440 e. The highest BCUT2D eigenvalue weighted by molar-refractivity contribution is 5.94. The molecular weight excluding hydrogens is 314 g/mol. The van der Waals surface area contributed by atoms with E-state index in [0.717, 1.165) is 36.0 Å². The third-order valence-corrected chi connectivity index (χ3v) is 4.74. The average Bonchev–Trinajstić information content (AvgIpc) is 3.21. The summed E-state index contributed by atoms with van der Waals surface area (Å²) in [5, 5.41) is 2.97. The number of amides is 1. The SMILES string of the molecule is NC1CCC(C(=O)Nc2ccc3nc(Cc4ccccc4)oc3c2)C1. The van der Waals surface area contributed by atoms with Crippen LogP contribution in [0.25, 0.3) is 11.1 Å². The van der Waals surface area contributed by atoms with Crippen LogP contribution in [0.1, 0.15) is 30.7 Å². The molecule has 3 N–H and O–H groups in total. The van der Waals surface area contributed by atoms with Crippen molar-refractivity contribution < 1.29 is 9.21 Å². The summed E-state index contributed by atoms with van der Waals surface area (Å²) in [6, 6.07) is 15.8. The van der Waals surface area contributed by atoms with E-state index < -0.39 is 0 Å². The van der Waals surface area contributed by atoms with Gasteiger partial charge in [0.1, 0.15) is 5.52 Å². The van der Waals surface area contributed by atoms with E-state index in [0.29, 0.717) is 17.9 Å². The molecule has 128 valence electrons. The summed E-state index contributed by atoms with van der Waals surface area (Å²) in [7, 11) is 0. The molecule has 1 heterocycles. The number of nitrogens with two attached hydrogens (primary N) is 1. The molecule has 4 rings (SSSR count). The van der Waals surface area contributed by atoms with Crippen molar-refractivity contribution in [1.82, 2.24) is 4.98 Å². The minimum absolute atomic E-state index is 0.00839. The van der Waals surface area contributed by atoms with Gasteiger partial charge in [-0.25, -0.2) is 4.98 Å². The zero-order valence-electron chi connectivity index (χ0n) is 13.9. The lowest BCUT2D eigenvalue weighted by molar-refractivity contribution is -0.119. The van der Waals surface area contributed by atoms with Gasteiger partial charge in [-0.15, -0.1) is 0 Å². The fraction of sp³-hybridized carbons (Fsp3) is 0.300. The Morgan fingerprint density at radius 3 is 2.80 bits per heavy atom. The Hall–Kier alpha value is -2.66. The van der Waals surface area contributed by atoms with Crippen LogP contribution in [0, 0.1) is 5.92 Å². The van der Waals surface area contributed by atoms with Crippen molar-refractivity contribution in [2.24, 2.45) is 11.7 Å². The number of benzene rings is 2. The number of fused-ring (bicyclic) bond motifs is 1. The van der Waals surface area contributed by atoms with Crippen molar-refractivity contribution in [3.8, 4) is 0 Å². The molecule has 5 nitrogen and oxygen atoms in total. The zero-order chi connectivity index (χ0) is 17.2. The van der Waals surface area contributed by atoms with E-state index in [9.17, 15) is 4.79 Å². The molecule has 0 spiro atoms. The summed E-state index contributed by atoms with van der Waals surface area (Å²) >= 11 is 0. The molecule has 1 aromatic heterocycles. The number of anilines is 1. The molecule has 25 heavy (non-hydrogen) atoms. The Morgan fingerprint density at radius 2 is 2.04 bits per heavy atom. The van der Waals surface area contributed by atoms with Gasteiger partial charge in [-0.3, -0.25) is 4.79 Å². The second kappa shape index (κ2) is 6.69. The number of rotatable bonds is 4. The minimum atomic E-state index is 0.00839. The molecule has 2 atom stereocenters. The summed E-state index contributed by atoms with van der Waals surface area (Å²) in [5.74, 6) is 0.719. The van der Waals surface area contributed by atoms with Crippen LogP contribution < -0.4 is 11.1 Å². The molecule has 1 fully saturated rings. The van der Waals surface area contributed by atoms with E-state index in [1.807, 2.05) is 48.5 Å². The number of nitrogens with zero attached hydrogens (tertiary/aromatic N) is 1. The first-order valence-electron chi connectivity index (χ1n) is 8.67. The molecule has 0 radical (unpaired) electrons. The topological polar surface area (TPSA) is 81.2 Å². The fourth-order valence-electron chi connectivity index (χ4n) is 3.40. The Bertz CT molecular complexity index is 888. The van der Waals surface area contributed by atoms with Crippen LogP contribution in [-0.4, -0.2) is 16.9 Å². The molecule has 3 aromatic rings. The van der Waals surface area contributed by atoms with Gasteiger partial charge in [0, 0.05) is 30.1 Å². The van der Waals surface area contributed by atoms with E-state index in [4.69, 9.17) is 10.2 Å². The summed E-state index contributed by atoms with van der Waals surface area (Å²) in [5.41, 5.74) is 9.27. The number of carbonyl (C=O) groups excluding carboxylic acids is 1. The monoisotopic (exact) mass is 335 g/mol. The van der Waals surface area contributed by atoms with Gasteiger partial charge < -0.3 is 15.5 Å². The quantitative estimate of drug-likeness (QED) is 0.765. The van der Waals surface area contributed by atoms with Gasteiger partial charge in [-0.2, -0.15) is 0 Å². The first kappa shape index (κ1) is 15.8. The lowest BCUT2D eigenvalue weighted by atomic mass is 10.1. The number of nitrogens with one attached hydrogen (secondary N) is 1. The van der Waals surface area contributed by atoms with E-state index in [2.05, 4.69) is 10.3 Å². The van der Waals surface area contributed by atoms with Crippen molar-refractivity contribution in [3.63, 3.8) is 0 Å². The van der Waals surface area contributed by atoms with Crippen LogP contribution in [0.15, 0.2) is 52.9 Å². The second-order valence-electron chi connectivity index (χ2n) is 6.71. The number of oxazole rings is 1. The van der Waals surface area contributed by atoms with Crippen LogP contribution in [0.2, 0.25) is 0 Å². The van der Waals surface area contributed by atoms with Crippen LogP contribution in [0.5, 0.6) is 0 Å². The third kappa shape index (κ3) is 3.56. The van der Waals surface area contributed by atoms with Crippen molar-refractivity contribution >= 4 is 22.7 Å². The number of hydrogen-bond donors (Lipinski definition) is 2. The molecule has 2 unspecified atom stereocenters. The average molecular weight is 335 g/mol. The summed E-state index contributed by atoms with van der Waals surface area (Å²) in [4.78, 5) is 16.8. The fourth-order valence-corrected chi connectivity index (χ4v) is 3.40. The summed E-state index contributed by atoms with van der Waals surface area (Å²) in [6.07, 6.45) is 3.19. The van der Waals surface area contributed by atoms with E-state index in [-0.39, 0.29) is 17.9 Å². The van der Waals surface area contributed by atoms with Crippen LogP contribution >= 0.6 is 0 Å².